The summed E-state index contributed by atoms with van der Waals surface area (Å²) in [6, 6.07) is 15.3. The fourth-order valence-electron chi connectivity index (χ4n) is 7.83. The number of carboxylic acids is 8. The molecule has 66 heavy (non-hydrogen) atoms. The van der Waals surface area contributed by atoms with E-state index in [9.17, 15) is 79.2 Å². The van der Waals surface area contributed by atoms with Crippen LogP contribution in [0.3, 0.4) is 0 Å². The lowest BCUT2D eigenvalue weighted by molar-refractivity contribution is 0.0675. The van der Waals surface area contributed by atoms with Crippen LogP contribution in [0.5, 0.6) is 0 Å². The molecule has 4 aromatic rings. The molecule has 1 heterocycles. The zero-order chi connectivity index (χ0) is 48.2. The van der Waals surface area contributed by atoms with E-state index in [2.05, 4.69) is 0 Å². The van der Waals surface area contributed by atoms with Crippen LogP contribution >= 0.6 is 0 Å². The zero-order valence-electron chi connectivity index (χ0n) is 35.5. The number of carboxylic acid groups (broad SMARTS) is 8. The van der Waals surface area contributed by atoms with Gasteiger partial charge in [-0.3, -0.25) is 19.6 Å². The standard InChI is InChI=1S/C46H48N4O16/c51-39(52)31-11-27(12-32(19-31)40(53)54)23-47-3-1-4-48(24-28-13-33(41(55)56)20-34(14-28)42(57)58)8-10-50(26-30-17-37(45(63)64)22-38(18-30)46(65)66)6-2-5-49(9-7-47)25-29-15-35(43(59)60)21-36(16-29)44(61)62/h11-22H,1-10,23-26H2,(H,51,52)(H,53,54)(H,55,56)(H,57,58)(H,59,60)(H,61,62)(H,63,64)(H,65,66). The van der Waals surface area contributed by atoms with E-state index in [4.69, 9.17) is 0 Å². The number of hydrogen-bond acceptors (Lipinski definition) is 12. The second-order valence-corrected chi connectivity index (χ2v) is 15.9. The van der Waals surface area contributed by atoms with Gasteiger partial charge in [-0.15, -0.1) is 0 Å². The summed E-state index contributed by atoms with van der Waals surface area (Å²) < 4.78 is 0. The van der Waals surface area contributed by atoms with Crippen molar-refractivity contribution in [2.24, 2.45) is 0 Å². The molecule has 1 aliphatic rings. The lowest BCUT2D eigenvalue weighted by Crippen LogP contribution is -2.40. The van der Waals surface area contributed by atoms with Crippen LogP contribution in [-0.2, 0) is 26.2 Å². The second kappa shape index (κ2) is 22.4. The average Bonchev–Trinajstić information content (AvgIpc) is 3.25. The van der Waals surface area contributed by atoms with Gasteiger partial charge >= 0.3 is 47.8 Å². The van der Waals surface area contributed by atoms with E-state index in [0.717, 1.165) is 24.3 Å². The molecular weight excluding hydrogens is 865 g/mol. The van der Waals surface area contributed by atoms with Crippen LogP contribution in [0.4, 0.5) is 0 Å². The van der Waals surface area contributed by atoms with Crippen LogP contribution < -0.4 is 0 Å². The van der Waals surface area contributed by atoms with Crippen LogP contribution in [-0.4, -0.2) is 161 Å². The van der Waals surface area contributed by atoms with Gasteiger partial charge < -0.3 is 40.9 Å². The molecule has 0 radical (unpaired) electrons. The number of carbonyl (C=O) groups is 8. The normalized spacial score (nSPS) is 15.0. The lowest BCUT2D eigenvalue weighted by atomic mass is 10.0. The van der Waals surface area contributed by atoms with Gasteiger partial charge in [-0.05, 0) is 134 Å². The number of nitrogens with zero attached hydrogens (tertiary/aromatic N) is 4. The highest BCUT2D eigenvalue weighted by Crippen LogP contribution is 2.20. The molecule has 348 valence electrons. The summed E-state index contributed by atoms with van der Waals surface area (Å²) in [4.78, 5) is 104. The maximum atomic E-state index is 12.0. The largest absolute Gasteiger partial charge is 0.478 e. The van der Waals surface area contributed by atoms with Crippen molar-refractivity contribution in [2.45, 2.75) is 39.0 Å². The highest BCUT2D eigenvalue weighted by Gasteiger charge is 2.22. The summed E-state index contributed by atoms with van der Waals surface area (Å²) in [5.74, 6) is -10.6. The van der Waals surface area contributed by atoms with Crippen LogP contribution in [0.2, 0.25) is 0 Å². The van der Waals surface area contributed by atoms with Gasteiger partial charge in [0.05, 0.1) is 44.5 Å². The predicted octanol–water partition coefficient (Wildman–Crippen LogP) is 4.37. The number of benzene rings is 4. The number of hydrogen-bond donors (Lipinski definition) is 8. The van der Waals surface area contributed by atoms with Gasteiger partial charge in [0.15, 0.2) is 0 Å². The summed E-state index contributed by atoms with van der Waals surface area (Å²) in [5, 5.41) is 78.2. The summed E-state index contributed by atoms with van der Waals surface area (Å²) in [7, 11) is 0. The van der Waals surface area contributed by atoms with Crippen molar-refractivity contribution in [1.82, 2.24) is 19.6 Å². The highest BCUT2D eigenvalue weighted by molar-refractivity contribution is 5.96. The Kier molecular flexibility index (Phi) is 16.8. The minimum Gasteiger partial charge on any atom is -0.478 e. The Bertz CT molecular complexity index is 2070. The first-order chi connectivity index (χ1) is 31.2. The Hall–Kier alpha value is -7.52. The minimum atomic E-state index is -1.32. The van der Waals surface area contributed by atoms with Crippen LogP contribution in [0.15, 0.2) is 72.8 Å². The monoisotopic (exact) mass is 912 g/mol. The maximum Gasteiger partial charge on any atom is 0.335 e. The third kappa shape index (κ3) is 14.2. The van der Waals surface area contributed by atoms with E-state index in [1.54, 1.807) is 0 Å². The van der Waals surface area contributed by atoms with Gasteiger partial charge in [0.25, 0.3) is 0 Å². The van der Waals surface area contributed by atoms with Crippen molar-refractivity contribution in [2.75, 3.05) is 52.4 Å². The van der Waals surface area contributed by atoms with Gasteiger partial charge in [0, 0.05) is 52.4 Å². The molecule has 5 rings (SSSR count). The van der Waals surface area contributed by atoms with Crippen LogP contribution in [0, 0.1) is 0 Å². The molecule has 0 aromatic heterocycles. The summed E-state index contributed by atoms with van der Waals surface area (Å²) >= 11 is 0. The molecule has 20 nitrogen and oxygen atoms in total. The first-order valence-corrected chi connectivity index (χ1v) is 20.6. The molecule has 8 N–H and O–H groups in total. The van der Waals surface area contributed by atoms with E-state index in [1.165, 1.54) is 48.5 Å². The Balaban J connectivity index is 1.53. The van der Waals surface area contributed by atoms with E-state index >= 15 is 0 Å². The maximum absolute atomic E-state index is 12.0. The molecule has 0 spiro atoms. The number of aromatic carboxylic acids is 8. The Labute approximate surface area is 376 Å². The quantitative estimate of drug-likeness (QED) is 0.0773. The molecule has 1 fully saturated rings. The molecule has 0 aliphatic carbocycles. The number of rotatable bonds is 16. The molecule has 0 atom stereocenters. The molecule has 20 heteroatoms. The Morgan fingerprint density at radius 1 is 0.273 bits per heavy atom. The lowest BCUT2D eigenvalue weighted by Gasteiger charge is -2.32. The SMILES string of the molecule is O=C(O)c1cc(CN2CCCN(Cc3cc(C(=O)O)cc(C(=O)O)c3)CCN(Cc3cc(C(=O)O)cc(C(=O)O)c3)CCCN(Cc3cc(C(=O)O)cc(C(=O)O)c3)CC2)cc(C(=O)O)c1. The van der Waals surface area contributed by atoms with Crippen LogP contribution in [0.25, 0.3) is 0 Å². The first-order valence-electron chi connectivity index (χ1n) is 20.6. The van der Waals surface area contributed by atoms with Crippen molar-refractivity contribution >= 4 is 47.8 Å². The summed E-state index contributed by atoms with van der Waals surface area (Å²) in [6.07, 6.45) is 0.861. The van der Waals surface area contributed by atoms with Crippen molar-refractivity contribution in [1.29, 1.82) is 0 Å². The molecule has 0 amide bonds. The smallest absolute Gasteiger partial charge is 0.335 e. The van der Waals surface area contributed by atoms with E-state index in [-0.39, 0.29) is 70.7 Å². The van der Waals surface area contributed by atoms with Gasteiger partial charge in [-0.2, -0.15) is 0 Å². The molecule has 1 saturated heterocycles. The topological polar surface area (TPSA) is 311 Å². The first kappa shape index (κ1) is 49.5. The van der Waals surface area contributed by atoms with Crippen molar-refractivity contribution in [3.63, 3.8) is 0 Å². The van der Waals surface area contributed by atoms with Crippen molar-refractivity contribution in [3.05, 3.63) is 140 Å². The van der Waals surface area contributed by atoms with Crippen LogP contribution in [0.1, 0.15) is 118 Å². The minimum absolute atomic E-state index is 0.108. The van der Waals surface area contributed by atoms with E-state index in [0.29, 0.717) is 87.5 Å². The van der Waals surface area contributed by atoms with Gasteiger partial charge in [-0.1, -0.05) is 0 Å². The van der Waals surface area contributed by atoms with E-state index < -0.39 is 47.8 Å². The molecule has 0 saturated carbocycles. The Morgan fingerprint density at radius 2 is 0.424 bits per heavy atom. The molecule has 4 aromatic carbocycles. The van der Waals surface area contributed by atoms with Gasteiger partial charge in [0.1, 0.15) is 0 Å². The summed E-state index contributed by atoms with van der Waals surface area (Å²) in [5.41, 5.74) is -0.213. The molecule has 0 unspecified atom stereocenters. The van der Waals surface area contributed by atoms with E-state index in [1.807, 2.05) is 19.6 Å². The third-order valence-corrected chi connectivity index (χ3v) is 10.9. The third-order valence-electron chi connectivity index (χ3n) is 10.9. The average molecular weight is 913 g/mol. The molecule has 1 aliphatic heterocycles. The van der Waals surface area contributed by atoms with Crippen molar-refractivity contribution in [3.8, 4) is 0 Å². The fraction of sp³-hybridized carbons (Fsp3) is 0.304. The fourth-order valence-corrected chi connectivity index (χ4v) is 7.83. The highest BCUT2D eigenvalue weighted by atomic mass is 16.4. The van der Waals surface area contributed by atoms with Gasteiger partial charge in [-0.25, -0.2) is 38.4 Å². The Morgan fingerprint density at radius 3 is 0.561 bits per heavy atom. The van der Waals surface area contributed by atoms with Gasteiger partial charge in [0.2, 0.25) is 0 Å². The molecule has 0 bridgehead atoms. The molecular formula is C46H48N4O16. The summed E-state index contributed by atoms with van der Waals surface area (Å²) in [6.45, 7) is 3.03. The van der Waals surface area contributed by atoms with Crippen molar-refractivity contribution < 1.29 is 79.2 Å². The predicted molar refractivity (Wildman–Crippen MR) is 232 cm³/mol. The zero-order valence-corrected chi connectivity index (χ0v) is 35.5. The second-order valence-electron chi connectivity index (χ2n) is 15.9.